The average Bonchev–Trinajstić information content (AvgIpc) is 3.21. The molecule has 3 N–H and O–H groups in total. The molecule has 2 aromatic carbocycles. The number of hydrogen-bond acceptors (Lipinski definition) is 5. The Bertz CT molecular complexity index is 1430. The standard InChI is InChI=1S/C25H22FN5O2/c1-14-3-6-20(21(26)9-14)24-23(15(2)28-22-11-19(13-32)30-31(22)24)25(33)29-18-5-4-17-12-27-8-7-16(17)10-18/h3-12,24,28,32H,13H2,1-2H3,(H,29,33). The zero-order chi connectivity index (χ0) is 23.1. The quantitative estimate of drug-likeness (QED) is 0.437. The molecule has 1 atom stereocenters. The zero-order valence-corrected chi connectivity index (χ0v) is 18.1. The first-order valence-corrected chi connectivity index (χ1v) is 10.5. The highest BCUT2D eigenvalue weighted by molar-refractivity contribution is 6.06. The second-order valence-corrected chi connectivity index (χ2v) is 8.11. The molecule has 33 heavy (non-hydrogen) atoms. The Labute approximate surface area is 189 Å². The minimum atomic E-state index is -0.799. The summed E-state index contributed by atoms with van der Waals surface area (Å²) in [6.45, 7) is 3.31. The van der Waals surface area contributed by atoms with Crippen molar-refractivity contribution in [2.24, 2.45) is 0 Å². The summed E-state index contributed by atoms with van der Waals surface area (Å²) >= 11 is 0. The van der Waals surface area contributed by atoms with Crippen LogP contribution in [0.1, 0.15) is 29.8 Å². The summed E-state index contributed by atoms with van der Waals surface area (Å²) < 4.78 is 16.7. The molecule has 4 aromatic rings. The van der Waals surface area contributed by atoms with Gasteiger partial charge in [0.15, 0.2) is 0 Å². The smallest absolute Gasteiger partial charge is 0.255 e. The van der Waals surface area contributed by atoms with E-state index in [4.69, 9.17) is 0 Å². The van der Waals surface area contributed by atoms with Crippen molar-refractivity contribution in [3.63, 3.8) is 0 Å². The van der Waals surface area contributed by atoms with E-state index in [0.717, 1.165) is 16.3 Å². The van der Waals surface area contributed by atoms with Crippen molar-refractivity contribution in [3.05, 3.63) is 94.8 Å². The number of carbonyl (C=O) groups excluding carboxylic acids is 1. The van der Waals surface area contributed by atoms with Gasteiger partial charge in [0.1, 0.15) is 17.7 Å². The lowest BCUT2D eigenvalue weighted by atomic mass is 9.93. The van der Waals surface area contributed by atoms with Crippen molar-refractivity contribution >= 4 is 28.2 Å². The highest BCUT2D eigenvalue weighted by atomic mass is 19.1. The normalized spacial score (nSPS) is 15.3. The van der Waals surface area contributed by atoms with Crippen LogP contribution in [0.3, 0.4) is 0 Å². The van der Waals surface area contributed by atoms with Gasteiger partial charge in [0.25, 0.3) is 5.91 Å². The van der Waals surface area contributed by atoms with Gasteiger partial charge in [0.2, 0.25) is 0 Å². The molecule has 0 spiro atoms. The second kappa shape index (κ2) is 8.14. The number of rotatable bonds is 4. The fraction of sp³-hybridized carbons (Fsp3) is 0.160. The van der Waals surface area contributed by atoms with Crippen LogP contribution in [-0.4, -0.2) is 25.8 Å². The van der Waals surface area contributed by atoms with Crippen LogP contribution < -0.4 is 10.6 Å². The molecule has 1 aliphatic heterocycles. The van der Waals surface area contributed by atoms with Gasteiger partial charge in [0.05, 0.1) is 17.9 Å². The summed E-state index contributed by atoms with van der Waals surface area (Å²) in [4.78, 5) is 17.6. The fourth-order valence-corrected chi connectivity index (χ4v) is 4.19. The number of carbonyl (C=O) groups is 1. The number of nitrogens with one attached hydrogen (secondary N) is 2. The van der Waals surface area contributed by atoms with Crippen LogP contribution in [0.2, 0.25) is 0 Å². The summed E-state index contributed by atoms with van der Waals surface area (Å²) in [5, 5.41) is 22.0. The number of aryl methyl sites for hydroxylation is 1. The number of amides is 1. The maximum atomic E-state index is 15.1. The summed E-state index contributed by atoms with van der Waals surface area (Å²) in [5.41, 5.74) is 3.06. The Balaban J connectivity index is 1.58. The third-order valence-corrected chi connectivity index (χ3v) is 5.78. The van der Waals surface area contributed by atoms with Crippen LogP contribution in [0.15, 0.2) is 72.2 Å². The van der Waals surface area contributed by atoms with E-state index < -0.39 is 11.9 Å². The second-order valence-electron chi connectivity index (χ2n) is 8.11. The van der Waals surface area contributed by atoms with Crippen LogP contribution in [0, 0.1) is 12.7 Å². The first-order chi connectivity index (χ1) is 15.9. The fourth-order valence-electron chi connectivity index (χ4n) is 4.19. The van der Waals surface area contributed by atoms with Crippen molar-refractivity contribution in [2.45, 2.75) is 26.5 Å². The largest absolute Gasteiger partial charge is 0.390 e. The van der Waals surface area contributed by atoms with Crippen LogP contribution in [-0.2, 0) is 11.4 Å². The molecule has 0 bridgehead atoms. The van der Waals surface area contributed by atoms with Crippen molar-refractivity contribution in [2.75, 3.05) is 10.6 Å². The molecular weight excluding hydrogens is 421 g/mol. The molecule has 166 valence electrons. The van der Waals surface area contributed by atoms with E-state index in [1.807, 2.05) is 25.1 Å². The summed E-state index contributed by atoms with van der Waals surface area (Å²) in [6.07, 6.45) is 3.45. The number of hydrogen-bond donors (Lipinski definition) is 3. The molecule has 0 radical (unpaired) electrons. The van der Waals surface area contributed by atoms with E-state index in [2.05, 4.69) is 20.7 Å². The van der Waals surface area contributed by atoms with E-state index >= 15 is 4.39 Å². The number of anilines is 2. The van der Waals surface area contributed by atoms with E-state index in [-0.39, 0.29) is 12.5 Å². The monoisotopic (exact) mass is 443 g/mol. The van der Waals surface area contributed by atoms with Gasteiger partial charge in [-0.05, 0) is 49.1 Å². The molecule has 0 saturated carbocycles. The maximum Gasteiger partial charge on any atom is 0.255 e. The highest BCUT2D eigenvalue weighted by Gasteiger charge is 2.35. The molecule has 0 saturated heterocycles. The number of allylic oxidation sites excluding steroid dienone is 1. The number of pyridine rings is 1. The minimum absolute atomic E-state index is 0.267. The third-order valence-electron chi connectivity index (χ3n) is 5.78. The van der Waals surface area contributed by atoms with Gasteiger partial charge in [-0.3, -0.25) is 9.78 Å². The lowest BCUT2D eigenvalue weighted by Crippen LogP contribution is -2.31. The lowest BCUT2D eigenvalue weighted by molar-refractivity contribution is -0.113. The summed E-state index contributed by atoms with van der Waals surface area (Å²) in [7, 11) is 0. The molecular formula is C25H22FN5O2. The molecule has 1 aliphatic rings. The van der Waals surface area contributed by atoms with Crippen LogP contribution in [0.25, 0.3) is 10.8 Å². The first kappa shape index (κ1) is 20.8. The Kier molecular flexibility index (Phi) is 5.14. The number of nitrogens with zero attached hydrogens (tertiary/aromatic N) is 3. The lowest BCUT2D eigenvalue weighted by Gasteiger charge is -2.30. The van der Waals surface area contributed by atoms with Crippen LogP contribution >= 0.6 is 0 Å². The Morgan fingerprint density at radius 3 is 2.79 bits per heavy atom. The van der Waals surface area contributed by atoms with Gasteiger partial charge in [-0.1, -0.05) is 18.2 Å². The molecule has 2 aromatic heterocycles. The topological polar surface area (TPSA) is 92.1 Å². The van der Waals surface area contributed by atoms with Crippen molar-refractivity contribution < 1.29 is 14.3 Å². The van der Waals surface area contributed by atoms with Gasteiger partial charge < -0.3 is 15.7 Å². The molecule has 8 heteroatoms. The molecule has 1 amide bonds. The van der Waals surface area contributed by atoms with E-state index in [9.17, 15) is 9.90 Å². The van der Waals surface area contributed by atoms with Crippen LogP contribution in [0.4, 0.5) is 15.9 Å². The number of aliphatic hydroxyl groups excluding tert-OH is 1. The van der Waals surface area contributed by atoms with Gasteiger partial charge in [-0.25, -0.2) is 9.07 Å². The van der Waals surface area contributed by atoms with Crippen molar-refractivity contribution in [1.82, 2.24) is 14.8 Å². The van der Waals surface area contributed by atoms with Gasteiger partial charge in [0, 0.05) is 40.8 Å². The summed E-state index contributed by atoms with van der Waals surface area (Å²) in [6, 6.07) is 13.2. The first-order valence-electron chi connectivity index (χ1n) is 10.5. The van der Waals surface area contributed by atoms with Gasteiger partial charge >= 0.3 is 0 Å². The molecule has 3 heterocycles. The van der Waals surface area contributed by atoms with Gasteiger partial charge in [-0.15, -0.1) is 0 Å². The molecule has 5 rings (SSSR count). The predicted molar refractivity (Wildman–Crippen MR) is 124 cm³/mol. The molecule has 0 aliphatic carbocycles. The molecule has 0 fully saturated rings. The van der Waals surface area contributed by atoms with Gasteiger partial charge in [-0.2, -0.15) is 5.10 Å². The Hall–Kier alpha value is -4.04. The highest BCUT2D eigenvalue weighted by Crippen LogP contribution is 2.38. The number of benzene rings is 2. The van der Waals surface area contributed by atoms with Crippen LogP contribution in [0.5, 0.6) is 0 Å². The maximum absolute atomic E-state index is 15.1. The average molecular weight is 443 g/mol. The zero-order valence-electron chi connectivity index (χ0n) is 18.1. The number of aliphatic hydroxyl groups is 1. The SMILES string of the molecule is CC1=C(C(=O)Nc2ccc3cnccc3c2)C(c2ccc(C)cc2F)n2nc(CO)cc2N1. The number of halogens is 1. The van der Waals surface area contributed by atoms with E-state index in [0.29, 0.717) is 34.0 Å². The predicted octanol–water partition coefficient (Wildman–Crippen LogP) is 4.30. The molecule has 7 nitrogen and oxygen atoms in total. The minimum Gasteiger partial charge on any atom is -0.390 e. The third kappa shape index (κ3) is 3.74. The summed E-state index contributed by atoms with van der Waals surface area (Å²) in [5.74, 6) is -0.216. The number of aromatic nitrogens is 3. The Morgan fingerprint density at radius 2 is 2.00 bits per heavy atom. The van der Waals surface area contributed by atoms with Crippen molar-refractivity contribution in [3.8, 4) is 0 Å². The van der Waals surface area contributed by atoms with E-state index in [1.54, 1.807) is 48.3 Å². The number of fused-ring (bicyclic) bond motifs is 2. The molecule has 1 unspecified atom stereocenters. The van der Waals surface area contributed by atoms with Crippen molar-refractivity contribution in [1.29, 1.82) is 0 Å². The van der Waals surface area contributed by atoms with E-state index in [1.165, 1.54) is 6.07 Å². The Morgan fingerprint density at radius 1 is 1.15 bits per heavy atom.